The maximum Gasteiger partial charge on any atom is 0.234 e. The molecule has 0 aliphatic heterocycles. The summed E-state index contributed by atoms with van der Waals surface area (Å²) in [6.07, 6.45) is 0.561. The van der Waals surface area contributed by atoms with Crippen molar-refractivity contribution >= 4 is 40.9 Å². The number of carbonyl (C=O) groups excluding carboxylic acids is 2. The molecule has 132 valence electrons. The number of halogens is 2. The Balaban J connectivity index is 1.60. The Bertz CT molecular complexity index is 725. The van der Waals surface area contributed by atoms with Gasteiger partial charge in [-0.2, -0.15) is 0 Å². The highest BCUT2D eigenvalue weighted by molar-refractivity contribution is 8.00. The van der Waals surface area contributed by atoms with Gasteiger partial charge in [-0.1, -0.05) is 23.7 Å². The minimum absolute atomic E-state index is 0.152. The first-order chi connectivity index (χ1) is 12.0. The number of amides is 2. The largest absolute Gasteiger partial charge is 0.355 e. The Hall–Kier alpha value is -2.05. The second-order valence-corrected chi connectivity index (χ2v) is 6.70. The Labute approximate surface area is 155 Å². The lowest BCUT2D eigenvalue weighted by atomic mass is 10.1. The zero-order valence-corrected chi connectivity index (χ0v) is 15.0. The van der Waals surface area contributed by atoms with Gasteiger partial charge in [0.2, 0.25) is 11.8 Å². The number of thioether (sulfide) groups is 1. The van der Waals surface area contributed by atoms with Crippen LogP contribution in [-0.2, 0) is 16.0 Å². The lowest BCUT2D eigenvalue weighted by molar-refractivity contribution is -0.118. The van der Waals surface area contributed by atoms with Crippen molar-refractivity contribution in [2.24, 2.45) is 0 Å². The normalized spacial score (nSPS) is 10.3. The summed E-state index contributed by atoms with van der Waals surface area (Å²) in [6.45, 7) is 0.430. The molecule has 0 spiro atoms. The average molecular weight is 381 g/mol. The van der Waals surface area contributed by atoms with Crippen LogP contribution in [0.5, 0.6) is 0 Å². The summed E-state index contributed by atoms with van der Waals surface area (Å²) in [5, 5.41) is 6.08. The van der Waals surface area contributed by atoms with E-state index in [1.54, 1.807) is 30.3 Å². The minimum atomic E-state index is -0.286. The van der Waals surface area contributed by atoms with Gasteiger partial charge in [0, 0.05) is 17.3 Å². The van der Waals surface area contributed by atoms with Gasteiger partial charge in [0.1, 0.15) is 5.82 Å². The van der Waals surface area contributed by atoms with Crippen molar-refractivity contribution < 1.29 is 14.0 Å². The molecule has 0 heterocycles. The van der Waals surface area contributed by atoms with E-state index in [4.69, 9.17) is 11.6 Å². The predicted molar refractivity (Wildman–Crippen MR) is 101 cm³/mol. The second-order valence-electron chi connectivity index (χ2n) is 5.28. The standard InChI is InChI=1S/C18H18ClFN2O2S/c19-14-4-6-16(7-5-14)22-18(24)12-25-11-17(23)21-9-8-13-2-1-3-15(20)10-13/h1-7,10H,8-9,11-12H2,(H,21,23)(H,22,24). The maximum atomic E-state index is 13.0. The van der Waals surface area contributed by atoms with Crippen molar-refractivity contribution in [3.63, 3.8) is 0 Å². The summed E-state index contributed by atoms with van der Waals surface area (Å²) < 4.78 is 13.0. The smallest absolute Gasteiger partial charge is 0.234 e. The fourth-order valence-corrected chi connectivity index (χ4v) is 2.83. The SMILES string of the molecule is O=C(CSCC(=O)Nc1ccc(Cl)cc1)NCCc1cccc(F)c1. The van der Waals surface area contributed by atoms with Gasteiger partial charge in [-0.25, -0.2) is 4.39 Å². The van der Waals surface area contributed by atoms with E-state index in [-0.39, 0.29) is 29.1 Å². The molecule has 2 rings (SSSR count). The van der Waals surface area contributed by atoms with Crippen molar-refractivity contribution in [3.8, 4) is 0 Å². The number of nitrogens with one attached hydrogen (secondary N) is 2. The molecule has 7 heteroatoms. The van der Waals surface area contributed by atoms with Gasteiger partial charge in [0.05, 0.1) is 11.5 Å². The highest BCUT2D eigenvalue weighted by Crippen LogP contribution is 2.13. The number of hydrogen-bond donors (Lipinski definition) is 2. The third kappa shape index (κ3) is 7.58. The Morgan fingerprint density at radius 1 is 1.04 bits per heavy atom. The average Bonchev–Trinajstić information content (AvgIpc) is 2.57. The van der Waals surface area contributed by atoms with Crippen LogP contribution in [0.1, 0.15) is 5.56 Å². The monoisotopic (exact) mass is 380 g/mol. The van der Waals surface area contributed by atoms with Crippen LogP contribution in [0.15, 0.2) is 48.5 Å². The number of benzene rings is 2. The van der Waals surface area contributed by atoms with Crippen molar-refractivity contribution in [1.82, 2.24) is 5.32 Å². The molecule has 2 amide bonds. The lowest BCUT2D eigenvalue weighted by Crippen LogP contribution is -2.28. The number of rotatable bonds is 8. The van der Waals surface area contributed by atoms with E-state index in [1.165, 1.54) is 23.9 Å². The fraction of sp³-hybridized carbons (Fsp3) is 0.222. The van der Waals surface area contributed by atoms with E-state index in [2.05, 4.69) is 10.6 Å². The van der Waals surface area contributed by atoms with Gasteiger partial charge in [0.15, 0.2) is 0 Å². The van der Waals surface area contributed by atoms with Gasteiger partial charge in [0.25, 0.3) is 0 Å². The highest BCUT2D eigenvalue weighted by atomic mass is 35.5. The quantitative estimate of drug-likeness (QED) is 0.736. The zero-order valence-electron chi connectivity index (χ0n) is 13.4. The molecule has 0 aromatic heterocycles. The topological polar surface area (TPSA) is 58.2 Å². The molecular weight excluding hydrogens is 363 g/mol. The van der Waals surface area contributed by atoms with Crippen molar-refractivity contribution in [2.75, 3.05) is 23.4 Å². The molecule has 0 atom stereocenters. The van der Waals surface area contributed by atoms with Gasteiger partial charge in [-0.3, -0.25) is 9.59 Å². The third-order valence-electron chi connectivity index (χ3n) is 3.22. The summed E-state index contributed by atoms with van der Waals surface area (Å²) in [5.74, 6) is -0.247. The molecule has 0 radical (unpaired) electrons. The van der Waals surface area contributed by atoms with Crippen LogP contribution >= 0.6 is 23.4 Å². The van der Waals surface area contributed by atoms with Crippen molar-refractivity contribution in [2.45, 2.75) is 6.42 Å². The zero-order chi connectivity index (χ0) is 18.1. The van der Waals surface area contributed by atoms with E-state index in [0.717, 1.165) is 5.56 Å². The molecule has 2 N–H and O–H groups in total. The molecule has 25 heavy (non-hydrogen) atoms. The molecule has 0 saturated heterocycles. The first-order valence-corrected chi connectivity index (χ1v) is 9.20. The van der Waals surface area contributed by atoms with Crippen LogP contribution in [0.3, 0.4) is 0 Å². The third-order valence-corrected chi connectivity index (χ3v) is 4.40. The first-order valence-electron chi connectivity index (χ1n) is 7.67. The molecule has 0 bridgehead atoms. The number of anilines is 1. The van der Waals surface area contributed by atoms with Gasteiger partial charge < -0.3 is 10.6 Å². The van der Waals surface area contributed by atoms with Crippen LogP contribution in [0, 0.1) is 5.82 Å². The van der Waals surface area contributed by atoms with E-state index in [9.17, 15) is 14.0 Å². The van der Waals surface area contributed by atoms with Gasteiger partial charge in [-0.05, 0) is 48.4 Å². The predicted octanol–water partition coefficient (Wildman–Crippen LogP) is 3.51. The minimum Gasteiger partial charge on any atom is -0.355 e. The highest BCUT2D eigenvalue weighted by Gasteiger charge is 2.06. The van der Waals surface area contributed by atoms with E-state index >= 15 is 0 Å². The molecule has 0 fully saturated rings. The van der Waals surface area contributed by atoms with Gasteiger partial charge >= 0.3 is 0 Å². The van der Waals surface area contributed by atoms with Crippen LogP contribution < -0.4 is 10.6 Å². The Morgan fingerprint density at radius 3 is 2.48 bits per heavy atom. The van der Waals surface area contributed by atoms with Crippen LogP contribution in [-0.4, -0.2) is 29.9 Å². The van der Waals surface area contributed by atoms with Crippen molar-refractivity contribution in [3.05, 3.63) is 64.9 Å². The van der Waals surface area contributed by atoms with E-state index in [1.807, 2.05) is 6.07 Å². The lowest BCUT2D eigenvalue weighted by Gasteiger charge is -2.07. The summed E-state index contributed by atoms with van der Waals surface area (Å²) in [6, 6.07) is 13.1. The van der Waals surface area contributed by atoms with Crippen LogP contribution in [0.2, 0.25) is 5.02 Å². The Morgan fingerprint density at radius 2 is 1.76 bits per heavy atom. The molecular formula is C18H18ClFN2O2S. The molecule has 2 aromatic carbocycles. The van der Waals surface area contributed by atoms with Crippen molar-refractivity contribution in [1.29, 1.82) is 0 Å². The molecule has 0 saturated carbocycles. The summed E-state index contributed by atoms with van der Waals surface area (Å²) in [5.41, 5.74) is 1.49. The maximum absolute atomic E-state index is 13.0. The van der Waals surface area contributed by atoms with E-state index < -0.39 is 0 Å². The van der Waals surface area contributed by atoms with Crippen LogP contribution in [0.25, 0.3) is 0 Å². The molecule has 0 unspecified atom stereocenters. The molecule has 4 nitrogen and oxygen atoms in total. The van der Waals surface area contributed by atoms with Crippen LogP contribution in [0.4, 0.5) is 10.1 Å². The molecule has 0 aliphatic rings. The van der Waals surface area contributed by atoms with E-state index in [0.29, 0.717) is 23.7 Å². The first kappa shape index (κ1) is 19.3. The summed E-state index contributed by atoms with van der Waals surface area (Å²) in [7, 11) is 0. The second kappa shape index (κ2) is 10.1. The Kier molecular flexibility index (Phi) is 7.76. The number of hydrogen-bond acceptors (Lipinski definition) is 3. The fourth-order valence-electron chi connectivity index (χ4n) is 2.06. The number of carbonyl (C=O) groups is 2. The molecule has 0 aliphatic carbocycles. The summed E-state index contributed by atoms with van der Waals surface area (Å²) >= 11 is 7.01. The summed E-state index contributed by atoms with van der Waals surface area (Å²) in [4.78, 5) is 23.5. The van der Waals surface area contributed by atoms with Gasteiger partial charge in [-0.15, -0.1) is 11.8 Å². The molecule has 2 aromatic rings.